The van der Waals surface area contributed by atoms with Gasteiger partial charge in [0.05, 0.1) is 24.8 Å². The van der Waals surface area contributed by atoms with E-state index in [2.05, 4.69) is 5.32 Å². The highest BCUT2D eigenvalue weighted by atomic mass is 32.2. The molecule has 1 N–H and O–H groups in total. The maximum Gasteiger partial charge on any atom is 0.264 e. The van der Waals surface area contributed by atoms with Gasteiger partial charge in [0.25, 0.3) is 10.0 Å². The van der Waals surface area contributed by atoms with Crippen LogP contribution in [0.15, 0.2) is 102 Å². The second-order valence-corrected chi connectivity index (χ2v) is 13.2. The number of rotatable bonds is 16. The molecular formula is C37H42FN3O6S. The number of methoxy groups -OCH3 is 2. The molecule has 0 saturated heterocycles. The number of halogens is 1. The van der Waals surface area contributed by atoms with Crippen LogP contribution in [0.25, 0.3) is 0 Å². The number of carbonyl (C=O) groups is 2. The van der Waals surface area contributed by atoms with E-state index in [9.17, 15) is 22.4 Å². The van der Waals surface area contributed by atoms with Gasteiger partial charge in [0.15, 0.2) is 11.5 Å². The minimum atomic E-state index is -4.43. The van der Waals surface area contributed by atoms with Gasteiger partial charge in [0, 0.05) is 25.6 Å². The van der Waals surface area contributed by atoms with Gasteiger partial charge in [-0.1, -0.05) is 67.9 Å². The molecule has 0 heterocycles. The smallest absolute Gasteiger partial charge is 0.264 e. The van der Waals surface area contributed by atoms with Crippen LogP contribution in [0.1, 0.15) is 36.5 Å². The molecule has 1 atom stereocenters. The summed E-state index contributed by atoms with van der Waals surface area (Å²) in [7, 11) is -1.61. The molecule has 254 valence electrons. The van der Waals surface area contributed by atoms with Crippen LogP contribution in [0, 0.1) is 12.7 Å². The van der Waals surface area contributed by atoms with Crippen molar-refractivity contribution in [2.24, 2.45) is 0 Å². The molecule has 4 aromatic carbocycles. The van der Waals surface area contributed by atoms with Gasteiger partial charge in [0.1, 0.15) is 18.4 Å². The Labute approximate surface area is 282 Å². The van der Waals surface area contributed by atoms with Crippen LogP contribution in [0.3, 0.4) is 0 Å². The summed E-state index contributed by atoms with van der Waals surface area (Å²) in [5.41, 5.74) is 2.63. The fourth-order valence-corrected chi connectivity index (χ4v) is 6.70. The molecule has 4 rings (SSSR count). The third-order valence-electron chi connectivity index (χ3n) is 8.04. The maximum absolute atomic E-state index is 14.6. The number of nitrogens with zero attached hydrogens (tertiary/aromatic N) is 2. The molecule has 0 spiro atoms. The predicted molar refractivity (Wildman–Crippen MR) is 184 cm³/mol. The van der Waals surface area contributed by atoms with Gasteiger partial charge in [-0.25, -0.2) is 12.8 Å². The number of hydrogen-bond donors (Lipinski definition) is 1. The Bertz CT molecular complexity index is 1780. The van der Waals surface area contributed by atoms with E-state index in [0.29, 0.717) is 12.3 Å². The van der Waals surface area contributed by atoms with Gasteiger partial charge < -0.3 is 19.7 Å². The summed E-state index contributed by atoms with van der Waals surface area (Å²) in [6.07, 6.45) is 1.84. The molecule has 0 unspecified atom stereocenters. The van der Waals surface area contributed by atoms with Crippen LogP contribution < -0.4 is 19.1 Å². The fourth-order valence-electron chi connectivity index (χ4n) is 5.27. The number of carbonyl (C=O) groups excluding carboxylic acids is 2. The summed E-state index contributed by atoms with van der Waals surface area (Å²) in [5.74, 6) is -1.02. The number of hydrogen-bond acceptors (Lipinski definition) is 6. The van der Waals surface area contributed by atoms with Gasteiger partial charge in [-0.3, -0.25) is 13.9 Å². The Morgan fingerprint density at radius 3 is 2.19 bits per heavy atom. The first-order valence-electron chi connectivity index (χ1n) is 15.7. The van der Waals surface area contributed by atoms with Crippen LogP contribution in [0.4, 0.5) is 10.1 Å². The molecule has 0 aliphatic rings. The minimum Gasteiger partial charge on any atom is -0.493 e. The van der Waals surface area contributed by atoms with E-state index in [1.807, 2.05) is 68.4 Å². The van der Waals surface area contributed by atoms with Crippen molar-refractivity contribution in [1.82, 2.24) is 10.2 Å². The van der Waals surface area contributed by atoms with Gasteiger partial charge in [-0.15, -0.1) is 0 Å². The van der Waals surface area contributed by atoms with Crippen molar-refractivity contribution in [2.45, 2.75) is 50.6 Å². The molecule has 0 aromatic heterocycles. The number of amides is 2. The molecule has 0 aliphatic heterocycles. The molecule has 0 radical (unpaired) electrons. The van der Waals surface area contributed by atoms with E-state index in [1.54, 1.807) is 0 Å². The Balaban J connectivity index is 1.82. The Morgan fingerprint density at radius 2 is 1.54 bits per heavy atom. The summed E-state index contributed by atoms with van der Waals surface area (Å²) in [6, 6.07) is 24.9. The van der Waals surface area contributed by atoms with Crippen LogP contribution in [0.5, 0.6) is 11.5 Å². The summed E-state index contributed by atoms with van der Waals surface area (Å²) in [6.45, 7) is 3.75. The van der Waals surface area contributed by atoms with Crippen LogP contribution in [0.2, 0.25) is 0 Å². The van der Waals surface area contributed by atoms with E-state index >= 15 is 0 Å². The summed E-state index contributed by atoms with van der Waals surface area (Å²) < 4.78 is 54.2. The Kier molecular flexibility index (Phi) is 12.6. The van der Waals surface area contributed by atoms with E-state index in [1.165, 1.54) is 49.5 Å². The van der Waals surface area contributed by atoms with Crippen molar-refractivity contribution < 1.29 is 31.9 Å². The molecule has 48 heavy (non-hydrogen) atoms. The number of benzene rings is 4. The Hall–Kier alpha value is -4.90. The zero-order valence-electron chi connectivity index (χ0n) is 27.7. The lowest BCUT2D eigenvalue weighted by Gasteiger charge is -2.34. The van der Waals surface area contributed by atoms with Crippen LogP contribution in [-0.2, 0) is 32.6 Å². The number of sulfonamides is 1. The molecule has 2 amide bonds. The van der Waals surface area contributed by atoms with E-state index in [4.69, 9.17) is 9.47 Å². The highest BCUT2D eigenvalue weighted by Crippen LogP contribution is 2.32. The van der Waals surface area contributed by atoms with E-state index < -0.39 is 34.3 Å². The SMILES string of the molecule is CCCCNC(=O)[C@@H](Cc1ccccc1)N(Cc1ccccc1C)C(=O)CN(c1ccc(F)cc1)S(=O)(=O)c1ccc(OC)c(OC)c1. The summed E-state index contributed by atoms with van der Waals surface area (Å²) >= 11 is 0. The van der Waals surface area contributed by atoms with Gasteiger partial charge >= 0.3 is 0 Å². The molecule has 9 nitrogen and oxygen atoms in total. The normalized spacial score (nSPS) is 11.8. The largest absolute Gasteiger partial charge is 0.493 e. The third-order valence-corrected chi connectivity index (χ3v) is 9.81. The summed E-state index contributed by atoms with van der Waals surface area (Å²) in [4.78, 5) is 29.8. The van der Waals surface area contributed by atoms with E-state index in [0.717, 1.165) is 46.0 Å². The predicted octanol–water partition coefficient (Wildman–Crippen LogP) is 5.90. The second kappa shape index (κ2) is 16.8. The molecular weight excluding hydrogens is 633 g/mol. The van der Waals surface area contributed by atoms with Gasteiger partial charge in [-0.2, -0.15) is 0 Å². The molecule has 0 aliphatic carbocycles. The van der Waals surface area contributed by atoms with E-state index in [-0.39, 0.29) is 35.2 Å². The zero-order valence-corrected chi connectivity index (χ0v) is 28.5. The van der Waals surface area contributed by atoms with Gasteiger partial charge in [-0.05, 0) is 66.4 Å². The first-order chi connectivity index (χ1) is 23.1. The van der Waals surface area contributed by atoms with Crippen molar-refractivity contribution >= 4 is 27.5 Å². The number of unbranched alkanes of at least 4 members (excludes halogenated alkanes) is 1. The third kappa shape index (κ3) is 8.92. The average molecular weight is 676 g/mol. The molecule has 0 bridgehead atoms. The minimum absolute atomic E-state index is 0.0534. The summed E-state index contributed by atoms with van der Waals surface area (Å²) in [5, 5.41) is 2.98. The average Bonchev–Trinajstić information content (AvgIpc) is 3.09. The molecule has 11 heteroatoms. The monoisotopic (exact) mass is 675 g/mol. The van der Waals surface area contributed by atoms with Crippen molar-refractivity contribution in [3.63, 3.8) is 0 Å². The number of anilines is 1. The van der Waals surface area contributed by atoms with Crippen molar-refractivity contribution in [3.05, 3.63) is 120 Å². The number of nitrogens with one attached hydrogen (secondary N) is 1. The maximum atomic E-state index is 14.6. The van der Waals surface area contributed by atoms with Crippen LogP contribution >= 0.6 is 0 Å². The fraction of sp³-hybridized carbons (Fsp3) is 0.297. The quantitative estimate of drug-likeness (QED) is 0.148. The van der Waals surface area contributed by atoms with Crippen LogP contribution in [-0.4, -0.2) is 58.5 Å². The zero-order chi connectivity index (χ0) is 34.7. The van der Waals surface area contributed by atoms with Crippen molar-refractivity contribution in [1.29, 1.82) is 0 Å². The molecule has 4 aromatic rings. The van der Waals surface area contributed by atoms with Crippen molar-refractivity contribution in [2.75, 3.05) is 31.6 Å². The Morgan fingerprint density at radius 1 is 0.875 bits per heavy atom. The number of ether oxygens (including phenoxy) is 2. The topological polar surface area (TPSA) is 105 Å². The first-order valence-corrected chi connectivity index (χ1v) is 17.2. The number of aryl methyl sites for hydroxylation is 1. The standard InChI is InChI=1S/C37H42FN3O6S/c1-5-6-22-39-37(43)33(23-28-13-8-7-9-14-28)40(25-29-15-11-10-12-27(29)2)36(42)26-41(31-18-16-30(38)17-19-31)48(44,45)32-20-21-34(46-3)35(24-32)47-4/h7-21,24,33H,5-6,22-23,25-26H2,1-4H3,(H,39,43)/t33-/m1/s1. The molecule has 0 fully saturated rings. The molecule has 0 saturated carbocycles. The first kappa shape index (κ1) is 35.9. The lowest BCUT2D eigenvalue weighted by Crippen LogP contribution is -2.53. The van der Waals surface area contributed by atoms with Crippen molar-refractivity contribution in [3.8, 4) is 11.5 Å². The second-order valence-electron chi connectivity index (χ2n) is 11.3. The lowest BCUT2D eigenvalue weighted by atomic mass is 10.0. The van der Waals surface area contributed by atoms with Gasteiger partial charge in [0.2, 0.25) is 11.8 Å². The lowest BCUT2D eigenvalue weighted by molar-refractivity contribution is -0.140. The highest BCUT2D eigenvalue weighted by Gasteiger charge is 2.35. The highest BCUT2D eigenvalue weighted by molar-refractivity contribution is 7.92.